The molecule has 1 aliphatic rings. The van der Waals surface area contributed by atoms with Gasteiger partial charge in [-0.2, -0.15) is 0 Å². The number of carbonyl (C=O) groups excluding carboxylic acids is 1. The van der Waals surface area contributed by atoms with Crippen LogP contribution in [0.5, 0.6) is 0 Å². The number of carbonyl (C=O) groups is 1. The molecule has 1 aromatic heterocycles. The molecule has 40 heavy (non-hydrogen) atoms. The molecule has 0 aliphatic carbocycles. The topological polar surface area (TPSA) is 81.9 Å². The van der Waals surface area contributed by atoms with E-state index in [0.29, 0.717) is 50.6 Å². The number of nitrogens with zero attached hydrogens (tertiary/aromatic N) is 3. The van der Waals surface area contributed by atoms with Gasteiger partial charge in [-0.25, -0.2) is 0 Å². The smallest absolute Gasteiger partial charge is 0.256 e. The van der Waals surface area contributed by atoms with E-state index in [1.165, 1.54) is 0 Å². The number of quaternary nitrogens is 1. The second kappa shape index (κ2) is 15.0. The van der Waals surface area contributed by atoms with Crippen molar-refractivity contribution in [2.24, 2.45) is 5.16 Å². The molecule has 4 rings (SSSR count). The van der Waals surface area contributed by atoms with Crippen LogP contribution in [0.3, 0.4) is 0 Å². The number of hydrogen-bond acceptors (Lipinski definition) is 5. The van der Waals surface area contributed by atoms with E-state index in [0.717, 1.165) is 39.4 Å². The Bertz CT molecular complexity index is 1460. The Morgan fingerprint density at radius 2 is 1.98 bits per heavy atom. The first kappa shape index (κ1) is 31.4. The Balaban J connectivity index is 0.00000441. The molecular weight excluding hydrogens is 640 g/mol. The van der Waals surface area contributed by atoms with E-state index in [-0.39, 0.29) is 33.9 Å². The van der Waals surface area contributed by atoms with Gasteiger partial charge in [0.2, 0.25) is 11.3 Å². The summed E-state index contributed by atoms with van der Waals surface area (Å²) in [6.07, 6.45) is 4.10. The molecule has 1 aliphatic heterocycles. The van der Waals surface area contributed by atoms with Gasteiger partial charge in [0.1, 0.15) is 18.7 Å². The predicted molar refractivity (Wildman–Crippen MR) is 157 cm³/mol. The third-order valence-corrected chi connectivity index (χ3v) is 6.97. The van der Waals surface area contributed by atoms with Crippen LogP contribution in [0.4, 0.5) is 0 Å². The first-order valence-corrected chi connectivity index (χ1v) is 13.9. The highest BCUT2D eigenvalue weighted by molar-refractivity contribution is 9.10. The van der Waals surface area contributed by atoms with Crippen LogP contribution in [0.25, 0.3) is 10.9 Å². The highest BCUT2D eigenvalue weighted by Gasteiger charge is 2.17. The molecule has 3 aromatic rings. The number of hydrogen-bond donors (Lipinski definition) is 1. The van der Waals surface area contributed by atoms with E-state index >= 15 is 0 Å². The minimum Gasteiger partial charge on any atom is -1.00 e. The Labute approximate surface area is 253 Å². The molecule has 8 nitrogen and oxygen atoms in total. The van der Waals surface area contributed by atoms with Gasteiger partial charge in [-0.3, -0.25) is 9.59 Å². The number of amides is 1. The van der Waals surface area contributed by atoms with Gasteiger partial charge in [-0.05, 0) is 42.5 Å². The number of benzene rings is 2. The third kappa shape index (κ3) is 8.95. The minimum absolute atomic E-state index is 0. The van der Waals surface area contributed by atoms with Crippen molar-refractivity contribution >= 4 is 38.6 Å². The van der Waals surface area contributed by atoms with Gasteiger partial charge in [-0.1, -0.05) is 57.3 Å². The van der Waals surface area contributed by atoms with Crippen molar-refractivity contribution in [3.63, 3.8) is 0 Å². The van der Waals surface area contributed by atoms with E-state index in [2.05, 4.69) is 52.3 Å². The van der Waals surface area contributed by atoms with Gasteiger partial charge in [0, 0.05) is 29.1 Å². The van der Waals surface area contributed by atoms with Crippen molar-refractivity contribution in [1.82, 2.24) is 9.88 Å². The largest absolute Gasteiger partial charge is 1.00 e. The zero-order chi connectivity index (χ0) is 27.7. The number of ether oxygens (including phenoxy) is 1. The molecule has 10 heteroatoms. The Kier molecular flexibility index (Phi) is 11.8. The van der Waals surface area contributed by atoms with Gasteiger partial charge < -0.3 is 40.9 Å². The molecule has 0 saturated carbocycles. The lowest BCUT2D eigenvalue weighted by Gasteiger charge is -2.27. The Morgan fingerprint density at radius 1 is 1.18 bits per heavy atom. The van der Waals surface area contributed by atoms with Crippen LogP contribution in [0.15, 0.2) is 69.2 Å². The summed E-state index contributed by atoms with van der Waals surface area (Å²) in [6.45, 7) is 3.55. The maximum absolute atomic E-state index is 13.2. The molecule has 212 valence electrons. The highest BCUT2D eigenvalue weighted by Crippen LogP contribution is 2.19. The van der Waals surface area contributed by atoms with E-state index < -0.39 is 0 Å². The lowest BCUT2D eigenvalue weighted by molar-refractivity contribution is -0.883. The molecule has 1 N–H and O–H groups in total. The second-order valence-electron chi connectivity index (χ2n) is 10.1. The van der Waals surface area contributed by atoms with Crippen molar-refractivity contribution in [2.75, 3.05) is 46.9 Å². The van der Waals surface area contributed by atoms with Crippen LogP contribution >= 0.6 is 15.9 Å². The van der Waals surface area contributed by atoms with Crippen molar-refractivity contribution in [3.05, 3.63) is 80.6 Å². The number of oxime groups is 1. The van der Waals surface area contributed by atoms with Crippen LogP contribution in [-0.4, -0.2) is 67.8 Å². The quantitative estimate of drug-likeness (QED) is 0.199. The molecule has 0 saturated heterocycles. The van der Waals surface area contributed by atoms with E-state index in [9.17, 15) is 9.59 Å². The maximum Gasteiger partial charge on any atom is 0.256 e. The average Bonchev–Trinajstić information content (AvgIpc) is 3.44. The van der Waals surface area contributed by atoms with Crippen molar-refractivity contribution < 1.29 is 35.8 Å². The Morgan fingerprint density at radius 3 is 2.73 bits per heavy atom. The molecular formula is C30H34Br2N4O4. The van der Waals surface area contributed by atoms with Gasteiger partial charge in [0.15, 0.2) is 6.61 Å². The number of pyridine rings is 1. The van der Waals surface area contributed by atoms with Crippen molar-refractivity contribution in [3.8, 4) is 11.8 Å². The summed E-state index contributed by atoms with van der Waals surface area (Å²) in [5.41, 5.74) is 1.77. The zero-order valence-corrected chi connectivity index (χ0v) is 26.0. The lowest BCUT2D eigenvalue weighted by atomic mass is 10.1. The fourth-order valence-corrected chi connectivity index (χ4v) is 4.66. The first-order chi connectivity index (χ1) is 18.8. The van der Waals surface area contributed by atoms with Crippen LogP contribution in [0.2, 0.25) is 0 Å². The molecule has 0 bridgehead atoms. The van der Waals surface area contributed by atoms with Crippen molar-refractivity contribution in [2.45, 2.75) is 25.8 Å². The number of aromatic nitrogens is 1. The van der Waals surface area contributed by atoms with E-state index in [4.69, 9.17) is 9.57 Å². The zero-order valence-electron chi connectivity index (χ0n) is 22.8. The van der Waals surface area contributed by atoms with Crippen LogP contribution in [0, 0.1) is 11.8 Å². The Hall–Kier alpha value is -3.13. The SMILES string of the molecule is C[N+](C)(CC#CCOC1=NOCC1)CCCCNC(=O)c1cn(Cc2ccccc2)c2cc(Br)ccc2c1=O.[Br-]. The molecule has 1 amide bonds. The summed E-state index contributed by atoms with van der Waals surface area (Å²) in [7, 11) is 4.26. The number of fused-ring (bicyclic) bond motifs is 1. The maximum atomic E-state index is 13.2. The lowest BCUT2D eigenvalue weighted by Crippen LogP contribution is -3.00. The summed E-state index contributed by atoms with van der Waals surface area (Å²) < 4.78 is 9.03. The fourth-order valence-electron chi connectivity index (χ4n) is 4.31. The number of halogens is 2. The molecule has 0 unspecified atom stereocenters. The van der Waals surface area contributed by atoms with Gasteiger partial charge in [0.05, 0.1) is 32.6 Å². The summed E-state index contributed by atoms with van der Waals surface area (Å²) in [6, 6.07) is 15.5. The molecule has 2 aromatic carbocycles. The summed E-state index contributed by atoms with van der Waals surface area (Å²) in [4.78, 5) is 31.1. The number of rotatable bonds is 10. The van der Waals surface area contributed by atoms with E-state index in [1.54, 1.807) is 12.3 Å². The molecule has 0 spiro atoms. The normalized spacial score (nSPS) is 12.5. The van der Waals surface area contributed by atoms with Gasteiger partial charge >= 0.3 is 0 Å². The van der Waals surface area contributed by atoms with Crippen LogP contribution < -0.4 is 27.7 Å². The standard InChI is InChI=1S/C30H33BrN4O4.BrH/c1-35(2,17-8-9-18-38-28-14-19-39-33-28)16-7-6-15-32-30(37)26-22-34(21-23-10-4-3-5-11-23)27-20-24(31)12-13-25(27)29(26)36;/h3-5,10-13,20,22H,6-7,14-19,21H2,1-2H3;1H. The molecule has 0 radical (unpaired) electrons. The fraction of sp³-hybridized carbons (Fsp3) is 0.367. The van der Waals surface area contributed by atoms with Crippen LogP contribution in [0.1, 0.15) is 35.2 Å². The first-order valence-electron chi connectivity index (χ1n) is 13.1. The number of unbranched alkanes of at least 4 members (excludes halogenated alkanes) is 1. The summed E-state index contributed by atoms with van der Waals surface area (Å²) in [5.74, 6) is 6.46. The molecule has 0 fully saturated rings. The molecule has 2 heterocycles. The summed E-state index contributed by atoms with van der Waals surface area (Å²) in [5, 5.41) is 7.26. The highest BCUT2D eigenvalue weighted by atomic mass is 79.9. The van der Waals surface area contributed by atoms with E-state index in [1.807, 2.05) is 47.0 Å². The second-order valence-corrected chi connectivity index (χ2v) is 11.1. The van der Waals surface area contributed by atoms with Crippen molar-refractivity contribution in [1.29, 1.82) is 0 Å². The average molecular weight is 674 g/mol. The monoisotopic (exact) mass is 672 g/mol. The van der Waals surface area contributed by atoms with Gasteiger partial charge in [0.25, 0.3) is 5.91 Å². The molecule has 0 atom stereocenters. The third-order valence-electron chi connectivity index (χ3n) is 6.48. The minimum atomic E-state index is -0.344. The van der Waals surface area contributed by atoms with Gasteiger partial charge in [-0.15, -0.1) is 0 Å². The number of nitrogens with one attached hydrogen (secondary N) is 1. The summed E-state index contributed by atoms with van der Waals surface area (Å²) >= 11 is 3.50. The predicted octanol–water partition coefficient (Wildman–Crippen LogP) is 1.16. The van der Waals surface area contributed by atoms with Crippen LogP contribution in [-0.2, 0) is 16.1 Å².